The van der Waals surface area contributed by atoms with Gasteiger partial charge < -0.3 is 10.5 Å². The smallest absolute Gasteiger partial charge is 0.252 e. The molecule has 1 aromatic carbocycles. The first-order chi connectivity index (χ1) is 7.63. The van der Waals surface area contributed by atoms with Crippen molar-refractivity contribution in [1.82, 2.24) is 4.98 Å². The van der Waals surface area contributed by atoms with Gasteiger partial charge in [0, 0.05) is 11.6 Å². The van der Waals surface area contributed by atoms with E-state index in [2.05, 4.69) is 4.98 Å². The summed E-state index contributed by atoms with van der Waals surface area (Å²) < 4.78 is 5.08. The summed E-state index contributed by atoms with van der Waals surface area (Å²) in [7, 11) is 1.47. The number of halogens is 1. The molecule has 1 aromatic heterocycles. The molecule has 0 radical (unpaired) electrons. The van der Waals surface area contributed by atoms with Crippen LogP contribution in [0.25, 0.3) is 10.8 Å². The lowest BCUT2D eigenvalue weighted by Gasteiger charge is -2.08. The molecule has 2 aromatic rings. The summed E-state index contributed by atoms with van der Waals surface area (Å²) in [4.78, 5) is 15.2. The highest BCUT2D eigenvalue weighted by molar-refractivity contribution is 6.34. The monoisotopic (exact) mass is 236 g/mol. The van der Waals surface area contributed by atoms with Gasteiger partial charge in [0.15, 0.2) is 0 Å². The number of rotatable bonds is 2. The Labute approximate surface area is 97.0 Å². The van der Waals surface area contributed by atoms with Gasteiger partial charge in [-0.2, -0.15) is 0 Å². The Bertz CT molecular complexity index is 569. The van der Waals surface area contributed by atoms with Gasteiger partial charge in [-0.25, -0.2) is 4.98 Å². The molecule has 0 spiro atoms. The second-order valence-electron chi connectivity index (χ2n) is 3.24. The second kappa shape index (κ2) is 3.98. The van der Waals surface area contributed by atoms with Gasteiger partial charge in [0.05, 0.1) is 12.7 Å². The molecule has 1 amide bonds. The minimum absolute atomic E-state index is 0.331. The van der Waals surface area contributed by atoms with E-state index in [1.807, 2.05) is 0 Å². The Morgan fingerprint density at radius 1 is 1.50 bits per heavy atom. The van der Waals surface area contributed by atoms with Gasteiger partial charge in [0.25, 0.3) is 5.91 Å². The van der Waals surface area contributed by atoms with E-state index >= 15 is 0 Å². The number of carbonyl (C=O) groups is 1. The molecule has 0 aliphatic heterocycles. The summed E-state index contributed by atoms with van der Waals surface area (Å²) in [5.74, 6) is -0.137. The van der Waals surface area contributed by atoms with Gasteiger partial charge >= 0.3 is 0 Å². The van der Waals surface area contributed by atoms with E-state index in [1.54, 1.807) is 24.4 Å². The zero-order valence-corrected chi connectivity index (χ0v) is 9.28. The van der Waals surface area contributed by atoms with Crippen LogP contribution < -0.4 is 10.5 Å². The zero-order chi connectivity index (χ0) is 11.7. The highest BCUT2D eigenvalue weighted by atomic mass is 35.5. The molecule has 4 nitrogen and oxygen atoms in total. The minimum Gasteiger partial charge on any atom is -0.496 e. The van der Waals surface area contributed by atoms with E-state index in [0.717, 1.165) is 10.8 Å². The van der Waals surface area contributed by atoms with E-state index in [-0.39, 0.29) is 0 Å². The van der Waals surface area contributed by atoms with Crippen molar-refractivity contribution >= 4 is 28.3 Å². The van der Waals surface area contributed by atoms with Crippen LogP contribution in [0.15, 0.2) is 24.4 Å². The first-order valence-electron chi connectivity index (χ1n) is 4.55. The maximum Gasteiger partial charge on any atom is 0.252 e. The Hall–Kier alpha value is -1.81. The maximum absolute atomic E-state index is 11.2. The van der Waals surface area contributed by atoms with Gasteiger partial charge in [-0.15, -0.1) is 0 Å². The predicted octanol–water partition coefficient (Wildman–Crippen LogP) is 2.00. The van der Waals surface area contributed by atoms with Gasteiger partial charge in [-0.3, -0.25) is 4.79 Å². The number of nitrogens with zero attached hydrogens (tertiary/aromatic N) is 1. The van der Waals surface area contributed by atoms with Crippen LogP contribution in [0, 0.1) is 0 Å². The number of methoxy groups -OCH3 is 1. The summed E-state index contributed by atoms with van der Waals surface area (Å²) >= 11 is 5.94. The Balaban J connectivity index is 2.80. The fourth-order valence-electron chi connectivity index (χ4n) is 1.53. The molecule has 1 heterocycles. The van der Waals surface area contributed by atoms with Gasteiger partial charge in [-0.1, -0.05) is 11.6 Å². The van der Waals surface area contributed by atoms with Crippen LogP contribution in [0.5, 0.6) is 5.75 Å². The number of primary amides is 1. The van der Waals surface area contributed by atoms with Crippen molar-refractivity contribution in [3.8, 4) is 5.75 Å². The molecule has 0 atom stereocenters. The SMILES string of the molecule is COc1cc2c(Cl)nccc2cc1C(N)=O. The van der Waals surface area contributed by atoms with Crippen molar-refractivity contribution in [2.45, 2.75) is 0 Å². The molecule has 0 aliphatic carbocycles. The van der Waals surface area contributed by atoms with Gasteiger partial charge in [-0.05, 0) is 23.6 Å². The van der Waals surface area contributed by atoms with Crippen LogP contribution in [0.4, 0.5) is 0 Å². The standard InChI is InChI=1S/C11H9ClN2O2/c1-16-9-5-7-6(2-3-14-10(7)12)4-8(9)11(13)15/h2-5H,1H3,(H2,13,15). The van der Waals surface area contributed by atoms with E-state index in [1.165, 1.54) is 7.11 Å². The van der Waals surface area contributed by atoms with E-state index in [9.17, 15) is 4.79 Å². The number of nitrogens with two attached hydrogens (primary N) is 1. The molecule has 0 aliphatic rings. The number of hydrogen-bond donors (Lipinski definition) is 1. The first kappa shape index (κ1) is 10.7. The summed E-state index contributed by atoms with van der Waals surface area (Å²) in [5.41, 5.74) is 5.58. The molecule has 5 heteroatoms. The molecule has 0 unspecified atom stereocenters. The third kappa shape index (κ3) is 1.67. The molecule has 16 heavy (non-hydrogen) atoms. The van der Waals surface area contributed by atoms with E-state index in [4.69, 9.17) is 22.1 Å². The van der Waals surface area contributed by atoms with Gasteiger partial charge in [0.1, 0.15) is 10.9 Å². The number of fused-ring (bicyclic) bond motifs is 1. The quantitative estimate of drug-likeness (QED) is 0.811. The van der Waals surface area contributed by atoms with Crippen LogP contribution >= 0.6 is 11.6 Å². The lowest BCUT2D eigenvalue weighted by molar-refractivity contribution is 0.0997. The van der Waals surface area contributed by atoms with Crippen molar-refractivity contribution in [2.75, 3.05) is 7.11 Å². The van der Waals surface area contributed by atoms with Crippen molar-refractivity contribution in [1.29, 1.82) is 0 Å². The van der Waals surface area contributed by atoms with Crippen LogP contribution in [0.1, 0.15) is 10.4 Å². The summed E-state index contributed by atoms with van der Waals surface area (Å²) in [5, 5.41) is 1.90. The second-order valence-corrected chi connectivity index (χ2v) is 3.60. The number of hydrogen-bond acceptors (Lipinski definition) is 3. The van der Waals surface area contributed by atoms with Crippen LogP contribution in [0.3, 0.4) is 0 Å². The van der Waals surface area contributed by atoms with Crippen molar-refractivity contribution in [2.24, 2.45) is 5.73 Å². The minimum atomic E-state index is -0.535. The van der Waals surface area contributed by atoms with Crippen LogP contribution in [-0.4, -0.2) is 18.0 Å². The highest BCUT2D eigenvalue weighted by Crippen LogP contribution is 2.28. The Morgan fingerprint density at radius 2 is 2.25 bits per heavy atom. The number of amides is 1. The van der Waals surface area contributed by atoms with Crippen molar-refractivity contribution < 1.29 is 9.53 Å². The summed E-state index contributed by atoms with van der Waals surface area (Å²) in [6, 6.07) is 5.06. The molecule has 82 valence electrons. The largest absolute Gasteiger partial charge is 0.496 e. The average molecular weight is 237 g/mol. The molecule has 0 bridgehead atoms. The topological polar surface area (TPSA) is 65.2 Å². The highest BCUT2D eigenvalue weighted by Gasteiger charge is 2.11. The fourth-order valence-corrected chi connectivity index (χ4v) is 1.75. The zero-order valence-electron chi connectivity index (χ0n) is 8.53. The lowest BCUT2D eigenvalue weighted by Crippen LogP contribution is -2.12. The first-order valence-corrected chi connectivity index (χ1v) is 4.93. The third-order valence-electron chi connectivity index (χ3n) is 2.30. The number of benzene rings is 1. The Morgan fingerprint density at radius 3 is 2.88 bits per heavy atom. The molecule has 2 N–H and O–H groups in total. The Kier molecular flexibility index (Phi) is 2.66. The van der Waals surface area contributed by atoms with Crippen LogP contribution in [0.2, 0.25) is 5.15 Å². The van der Waals surface area contributed by atoms with E-state index < -0.39 is 5.91 Å². The average Bonchev–Trinajstić information content (AvgIpc) is 2.28. The molecule has 2 rings (SSSR count). The molecular weight excluding hydrogens is 228 g/mol. The predicted molar refractivity (Wildman–Crippen MR) is 61.8 cm³/mol. The fraction of sp³-hybridized carbons (Fsp3) is 0.0909. The molecule has 0 saturated carbocycles. The maximum atomic E-state index is 11.2. The molecular formula is C11H9ClN2O2. The van der Waals surface area contributed by atoms with E-state index in [0.29, 0.717) is 16.5 Å². The molecule has 0 fully saturated rings. The summed E-state index contributed by atoms with van der Waals surface area (Å²) in [6.07, 6.45) is 1.57. The summed E-state index contributed by atoms with van der Waals surface area (Å²) in [6.45, 7) is 0. The van der Waals surface area contributed by atoms with Gasteiger partial charge in [0.2, 0.25) is 0 Å². The van der Waals surface area contributed by atoms with Crippen molar-refractivity contribution in [3.63, 3.8) is 0 Å². The lowest BCUT2D eigenvalue weighted by atomic mass is 10.1. The number of aromatic nitrogens is 1. The third-order valence-corrected chi connectivity index (χ3v) is 2.60. The number of carbonyl (C=O) groups excluding carboxylic acids is 1. The van der Waals surface area contributed by atoms with Crippen molar-refractivity contribution in [3.05, 3.63) is 35.1 Å². The van der Waals surface area contributed by atoms with Crippen LogP contribution in [-0.2, 0) is 0 Å². The molecule has 0 saturated heterocycles. The number of ether oxygens (including phenoxy) is 1. The number of pyridine rings is 1. The normalized spacial score (nSPS) is 10.4.